The summed E-state index contributed by atoms with van der Waals surface area (Å²) in [5, 5.41) is 11.2. The maximum atomic E-state index is 12.3. The van der Waals surface area contributed by atoms with Gasteiger partial charge in [-0.3, -0.25) is 4.79 Å². The van der Waals surface area contributed by atoms with Crippen LogP contribution < -0.4 is 14.4 Å². The highest BCUT2D eigenvalue weighted by atomic mass is 35.5. The molecule has 0 aromatic heterocycles. The molecule has 8 heteroatoms. The van der Waals surface area contributed by atoms with Crippen molar-refractivity contribution in [3.8, 4) is 17.2 Å². The first-order chi connectivity index (χ1) is 12.9. The van der Waals surface area contributed by atoms with Crippen LogP contribution in [0.5, 0.6) is 17.2 Å². The van der Waals surface area contributed by atoms with Crippen molar-refractivity contribution in [2.45, 2.75) is 0 Å². The topological polar surface area (TPSA) is 71.4 Å². The van der Waals surface area contributed by atoms with Crippen molar-refractivity contribution in [1.82, 2.24) is 0 Å². The molecule has 1 aliphatic heterocycles. The number of anilines is 1. The van der Waals surface area contributed by atoms with Gasteiger partial charge in [-0.2, -0.15) is 4.99 Å². The first-order valence-corrected chi connectivity index (χ1v) is 9.09. The Balaban J connectivity index is 1.86. The molecule has 1 heterocycles. The zero-order valence-corrected chi connectivity index (χ0v) is 16.5. The zero-order valence-electron chi connectivity index (χ0n) is 14.9. The minimum Gasteiger partial charge on any atom is -0.502 e. The van der Waals surface area contributed by atoms with Crippen molar-refractivity contribution in [1.29, 1.82) is 0 Å². The van der Waals surface area contributed by atoms with Gasteiger partial charge in [-0.1, -0.05) is 11.6 Å². The number of phenols is 1. The molecule has 27 heavy (non-hydrogen) atoms. The number of ether oxygens (including phenoxy) is 2. The van der Waals surface area contributed by atoms with Crippen LogP contribution in [0, 0.1) is 0 Å². The maximum Gasteiger partial charge on any atom is 0.286 e. The van der Waals surface area contributed by atoms with Crippen LogP contribution in [0.1, 0.15) is 5.56 Å². The number of hydrogen-bond acceptors (Lipinski definition) is 6. The number of aliphatic imine (C=N–C) groups is 1. The van der Waals surface area contributed by atoms with E-state index in [2.05, 4.69) is 4.99 Å². The summed E-state index contributed by atoms with van der Waals surface area (Å²) in [6.45, 7) is 0. The average molecular weight is 405 g/mol. The van der Waals surface area contributed by atoms with Crippen LogP contribution >= 0.6 is 23.4 Å². The Morgan fingerprint density at radius 1 is 1.15 bits per heavy atom. The largest absolute Gasteiger partial charge is 0.502 e. The number of methoxy groups -OCH3 is 2. The standard InChI is InChI=1S/C19H17ClN2O4S/c1-22(13-6-4-12(20)5-7-13)19-21-18(24)16(27-19)10-11-8-14(25-2)17(23)15(9-11)26-3/h4-10,23H,1-3H3/b16-10-. The summed E-state index contributed by atoms with van der Waals surface area (Å²) in [6.07, 6.45) is 1.68. The van der Waals surface area contributed by atoms with Crippen LogP contribution in [0.4, 0.5) is 5.69 Å². The van der Waals surface area contributed by atoms with Gasteiger partial charge in [0.05, 0.1) is 19.1 Å². The van der Waals surface area contributed by atoms with E-state index in [9.17, 15) is 9.90 Å². The van der Waals surface area contributed by atoms with Crippen LogP contribution in [0.25, 0.3) is 6.08 Å². The lowest BCUT2D eigenvalue weighted by Gasteiger charge is -2.17. The van der Waals surface area contributed by atoms with Gasteiger partial charge >= 0.3 is 0 Å². The van der Waals surface area contributed by atoms with E-state index in [1.807, 2.05) is 24.1 Å². The smallest absolute Gasteiger partial charge is 0.286 e. The summed E-state index contributed by atoms with van der Waals surface area (Å²) in [5.74, 6) is 0.0981. The summed E-state index contributed by atoms with van der Waals surface area (Å²) in [4.78, 5) is 18.7. The molecule has 0 bridgehead atoms. The molecule has 140 valence electrons. The van der Waals surface area contributed by atoms with E-state index in [1.54, 1.807) is 30.3 Å². The molecule has 1 N–H and O–H groups in total. The van der Waals surface area contributed by atoms with Crippen molar-refractivity contribution >= 4 is 46.2 Å². The van der Waals surface area contributed by atoms with Crippen LogP contribution in [-0.4, -0.2) is 37.4 Å². The van der Waals surface area contributed by atoms with Gasteiger partial charge in [0.25, 0.3) is 5.91 Å². The molecule has 1 aliphatic rings. The van der Waals surface area contributed by atoms with Crippen molar-refractivity contribution in [2.75, 3.05) is 26.2 Å². The second-order valence-electron chi connectivity index (χ2n) is 5.62. The number of amides is 1. The lowest BCUT2D eigenvalue weighted by Crippen LogP contribution is -2.21. The summed E-state index contributed by atoms with van der Waals surface area (Å²) < 4.78 is 10.3. The van der Waals surface area contributed by atoms with E-state index < -0.39 is 0 Å². The third-order valence-corrected chi connectivity index (χ3v) is 5.22. The summed E-state index contributed by atoms with van der Waals surface area (Å²) in [7, 11) is 4.73. The highest BCUT2D eigenvalue weighted by molar-refractivity contribution is 8.18. The Kier molecular flexibility index (Phi) is 5.62. The number of hydrogen-bond donors (Lipinski definition) is 1. The second-order valence-corrected chi connectivity index (χ2v) is 7.07. The van der Waals surface area contributed by atoms with Gasteiger partial charge < -0.3 is 19.5 Å². The number of phenolic OH excluding ortho intramolecular Hbond substituents is 1. The van der Waals surface area contributed by atoms with E-state index in [4.69, 9.17) is 21.1 Å². The number of amidine groups is 1. The third-order valence-electron chi connectivity index (χ3n) is 3.91. The number of rotatable bonds is 4. The molecule has 1 amide bonds. The number of aromatic hydroxyl groups is 1. The van der Waals surface area contributed by atoms with E-state index in [0.29, 0.717) is 20.7 Å². The van der Waals surface area contributed by atoms with E-state index in [0.717, 1.165) is 5.69 Å². The van der Waals surface area contributed by atoms with Crippen LogP contribution in [0.2, 0.25) is 5.02 Å². The Hall–Kier alpha value is -2.64. The highest BCUT2D eigenvalue weighted by Gasteiger charge is 2.25. The fraction of sp³-hybridized carbons (Fsp3) is 0.158. The Labute approximate surface area is 166 Å². The molecule has 0 unspecified atom stereocenters. The van der Waals surface area contributed by atoms with Gasteiger partial charge in [-0.15, -0.1) is 0 Å². The van der Waals surface area contributed by atoms with Crippen molar-refractivity contribution in [3.05, 3.63) is 51.9 Å². The van der Waals surface area contributed by atoms with Gasteiger partial charge in [0.1, 0.15) is 0 Å². The Morgan fingerprint density at radius 3 is 2.30 bits per heavy atom. The Morgan fingerprint density at radius 2 is 1.74 bits per heavy atom. The fourth-order valence-corrected chi connectivity index (χ4v) is 3.49. The van der Waals surface area contributed by atoms with Crippen LogP contribution in [0.3, 0.4) is 0 Å². The van der Waals surface area contributed by atoms with Gasteiger partial charge in [-0.05, 0) is 59.8 Å². The molecule has 0 spiro atoms. The van der Waals surface area contributed by atoms with Gasteiger partial charge in [0.2, 0.25) is 5.75 Å². The van der Waals surface area contributed by atoms with Gasteiger partial charge in [0, 0.05) is 17.8 Å². The molecule has 3 rings (SSSR count). The fourth-order valence-electron chi connectivity index (χ4n) is 2.47. The molecular formula is C19H17ClN2O4S. The first kappa shape index (κ1) is 19.1. The SMILES string of the molecule is COc1cc(/C=C2\SC(N(C)c3ccc(Cl)cc3)=NC2=O)cc(OC)c1O. The number of benzene rings is 2. The normalized spacial score (nSPS) is 15.0. The predicted octanol–water partition coefficient (Wildman–Crippen LogP) is 4.17. The predicted molar refractivity (Wildman–Crippen MR) is 109 cm³/mol. The van der Waals surface area contributed by atoms with Crippen molar-refractivity contribution < 1.29 is 19.4 Å². The minimum absolute atomic E-state index is 0.0908. The van der Waals surface area contributed by atoms with Crippen molar-refractivity contribution in [2.24, 2.45) is 4.99 Å². The molecule has 0 fully saturated rings. The molecule has 0 aliphatic carbocycles. The number of thioether (sulfide) groups is 1. The van der Waals surface area contributed by atoms with Crippen LogP contribution in [-0.2, 0) is 4.79 Å². The van der Waals surface area contributed by atoms with Crippen LogP contribution in [0.15, 0.2) is 46.3 Å². The number of carbonyl (C=O) groups excluding carboxylic acids is 1. The van der Waals surface area contributed by atoms with Gasteiger partial charge in [-0.25, -0.2) is 0 Å². The molecule has 0 atom stereocenters. The molecule has 6 nitrogen and oxygen atoms in total. The maximum absolute atomic E-state index is 12.3. The second kappa shape index (κ2) is 7.94. The quantitative estimate of drug-likeness (QED) is 0.771. The molecule has 2 aromatic carbocycles. The molecular weight excluding hydrogens is 388 g/mol. The van der Waals surface area contributed by atoms with E-state index in [1.165, 1.54) is 26.0 Å². The number of halogens is 1. The summed E-state index contributed by atoms with van der Waals surface area (Å²) in [6, 6.07) is 10.5. The molecule has 0 saturated carbocycles. The molecule has 2 aromatic rings. The van der Waals surface area contributed by atoms with E-state index >= 15 is 0 Å². The van der Waals surface area contributed by atoms with Gasteiger partial charge in [0.15, 0.2) is 16.7 Å². The average Bonchev–Trinajstić information content (AvgIpc) is 3.03. The zero-order chi connectivity index (χ0) is 19.6. The molecule has 0 saturated heterocycles. The number of nitrogens with zero attached hydrogens (tertiary/aromatic N) is 2. The first-order valence-electron chi connectivity index (χ1n) is 7.89. The lowest BCUT2D eigenvalue weighted by atomic mass is 10.1. The third kappa shape index (κ3) is 4.04. The molecule has 0 radical (unpaired) electrons. The monoisotopic (exact) mass is 404 g/mol. The summed E-state index contributed by atoms with van der Waals surface area (Å²) in [5.41, 5.74) is 1.52. The lowest BCUT2D eigenvalue weighted by molar-refractivity contribution is -0.113. The van der Waals surface area contributed by atoms with Crippen molar-refractivity contribution in [3.63, 3.8) is 0 Å². The minimum atomic E-state index is -0.332. The highest BCUT2D eigenvalue weighted by Crippen LogP contribution is 2.39. The summed E-state index contributed by atoms with van der Waals surface area (Å²) >= 11 is 7.18. The number of carbonyl (C=O) groups is 1. The van der Waals surface area contributed by atoms with E-state index in [-0.39, 0.29) is 23.2 Å². The Bertz CT molecular complexity index is 916.